The number of amides is 1. The molecule has 114 valence electrons. The highest BCUT2D eigenvalue weighted by molar-refractivity contribution is 8.00. The standard InChI is InChI=1S/C18H15N3OS/c22-18(21-20-12-14-8-10-19-11-9-14)13-23-17-7-3-5-15-4-1-2-6-16(15)17/h1-12H,13H2,(H,21,22)/b20-12+. The third kappa shape index (κ3) is 4.17. The summed E-state index contributed by atoms with van der Waals surface area (Å²) in [5, 5.41) is 6.29. The Bertz CT molecular complexity index is 829. The van der Waals surface area contributed by atoms with Crippen molar-refractivity contribution in [2.24, 2.45) is 5.10 Å². The average Bonchev–Trinajstić information content (AvgIpc) is 2.61. The van der Waals surface area contributed by atoms with Crippen LogP contribution in [0.5, 0.6) is 0 Å². The first kappa shape index (κ1) is 15.2. The maximum absolute atomic E-state index is 11.9. The van der Waals surface area contributed by atoms with Crippen molar-refractivity contribution in [2.45, 2.75) is 4.90 Å². The summed E-state index contributed by atoms with van der Waals surface area (Å²) in [5.74, 6) is 0.190. The Labute approximate surface area is 138 Å². The molecule has 2 aromatic carbocycles. The minimum atomic E-state index is -0.131. The highest BCUT2D eigenvalue weighted by Gasteiger charge is 2.04. The lowest BCUT2D eigenvalue weighted by atomic mass is 10.1. The van der Waals surface area contributed by atoms with Gasteiger partial charge in [0.15, 0.2) is 0 Å². The van der Waals surface area contributed by atoms with Gasteiger partial charge in [0, 0.05) is 17.3 Å². The van der Waals surface area contributed by atoms with Crippen LogP contribution in [0, 0.1) is 0 Å². The molecule has 5 heteroatoms. The zero-order valence-corrected chi connectivity index (χ0v) is 13.2. The van der Waals surface area contributed by atoms with Crippen molar-refractivity contribution in [1.29, 1.82) is 0 Å². The Morgan fingerprint density at radius 1 is 1.09 bits per heavy atom. The first-order chi connectivity index (χ1) is 11.3. The van der Waals surface area contributed by atoms with Crippen molar-refractivity contribution in [3.8, 4) is 0 Å². The number of carbonyl (C=O) groups excluding carboxylic acids is 1. The molecule has 0 unspecified atom stereocenters. The predicted octanol–water partition coefficient (Wildman–Crippen LogP) is 3.48. The van der Waals surface area contributed by atoms with Crippen LogP contribution in [0.2, 0.25) is 0 Å². The van der Waals surface area contributed by atoms with Gasteiger partial charge < -0.3 is 0 Å². The Balaban J connectivity index is 1.57. The van der Waals surface area contributed by atoms with Crippen LogP contribution in [0.3, 0.4) is 0 Å². The zero-order valence-electron chi connectivity index (χ0n) is 12.3. The van der Waals surface area contributed by atoms with Gasteiger partial charge in [0.25, 0.3) is 0 Å². The lowest BCUT2D eigenvalue weighted by Crippen LogP contribution is -2.19. The highest BCUT2D eigenvalue weighted by Crippen LogP contribution is 2.27. The molecule has 1 aromatic heterocycles. The van der Waals surface area contributed by atoms with E-state index in [4.69, 9.17) is 0 Å². The second-order valence-electron chi connectivity index (χ2n) is 4.84. The number of pyridine rings is 1. The second kappa shape index (κ2) is 7.56. The van der Waals surface area contributed by atoms with Gasteiger partial charge in [0.1, 0.15) is 0 Å². The fraction of sp³-hybridized carbons (Fsp3) is 0.0556. The lowest BCUT2D eigenvalue weighted by molar-refractivity contribution is -0.118. The topological polar surface area (TPSA) is 54.4 Å². The number of carbonyl (C=O) groups is 1. The van der Waals surface area contributed by atoms with Gasteiger partial charge in [-0.3, -0.25) is 9.78 Å². The number of hydrogen-bond donors (Lipinski definition) is 1. The normalized spacial score (nSPS) is 11.0. The number of fused-ring (bicyclic) bond motifs is 1. The molecule has 0 aliphatic heterocycles. The predicted molar refractivity (Wildman–Crippen MR) is 94.6 cm³/mol. The van der Waals surface area contributed by atoms with Gasteiger partial charge in [0.2, 0.25) is 5.91 Å². The molecule has 0 atom stereocenters. The van der Waals surface area contributed by atoms with Gasteiger partial charge in [-0.15, -0.1) is 11.8 Å². The highest BCUT2D eigenvalue weighted by atomic mass is 32.2. The van der Waals surface area contributed by atoms with E-state index in [1.165, 1.54) is 17.1 Å². The molecule has 3 rings (SSSR count). The van der Waals surface area contributed by atoms with Gasteiger partial charge in [-0.2, -0.15) is 5.10 Å². The monoisotopic (exact) mass is 321 g/mol. The maximum atomic E-state index is 11.9. The third-order valence-corrected chi connectivity index (χ3v) is 4.29. The summed E-state index contributed by atoms with van der Waals surface area (Å²) in [5.41, 5.74) is 3.43. The molecule has 4 nitrogen and oxygen atoms in total. The van der Waals surface area contributed by atoms with E-state index in [-0.39, 0.29) is 5.91 Å². The second-order valence-corrected chi connectivity index (χ2v) is 5.86. The first-order valence-corrected chi connectivity index (χ1v) is 8.14. The van der Waals surface area contributed by atoms with Crippen molar-refractivity contribution in [2.75, 3.05) is 5.75 Å². The number of nitrogens with one attached hydrogen (secondary N) is 1. The molecule has 1 heterocycles. The number of thioether (sulfide) groups is 1. The Morgan fingerprint density at radius 3 is 2.74 bits per heavy atom. The fourth-order valence-electron chi connectivity index (χ4n) is 2.13. The minimum Gasteiger partial charge on any atom is -0.272 e. The molecule has 0 spiro atoms. The van der Waals surface area contributed by atoms with E-state index in [1.54, 1.807) is 18.6 Å². The van der Waals surface area contributed by atoms with Crippen molar-refractivity contribution in [1.82, 2.24) is 10.4 Å². The maximum Gasteiger partial charge on any atom is 0.250 e. The van der Waals surface area contributed by atoms with Crippen molar-refractivity contribution in [3.05, 3.63) is 72.6 Å². The summed E-state index contributed by atoms with van der Waals surface area (Å²) in [4.78, 5) is 16.9. The van der Waals surface area contributed by atoms with Gasteiger partial charge in [0.05, 0.1) is 12.0 Å². The van der Waals surface area contributed by atoms with Crippen molar-refractivity contribution in [3.63, 3.8) is 0 Å². The van der Waals surface area contributed by atoms with Crippen LogP contribution in [0.25, 0.3) is 10.8 Å². The Hall–Kier alpha value is -2.66. The number of hydrogen-bond acceptors (Lipinski definition) is 4. The van der Waals surface area contributed by atoms with Gasteiger partial charge in [-0.25, -0.2) is 5.43 Å². The molecule has 0 aliphatic rings. The molecule has 1 N–H and O–H groups in total. The van der Waals surface area contributed by atoms with Gasteiger partial charge in [-0.05, 0) is 34.5 Å². The van der Waals surface area contributed by atoms with Crippen LogP contribution in [-0.4, -0.2) is 22.9 Å². The summed E-state index contributed by atoms with van der Waals surface area (Å²) >= 11 is 1.51. The minimum absolute atomic E-state index is 0.131. The summed E-state index contributed by atoms with van der Waals surface area (Å²) in [7, 11) is 0. The molecule has 0 saturated carbocycles. The van der Waals surface area contributed by atoms with E-state index in [0.29, 0.717) is 5.75 Å². The largest absolute Gasteiger partial charge is 0.272 e. The smallest absolute Gasteiger partial charge is 0.250 e. The van der Waals surface area contributed by atoms with E-state index < -0.39 is 0 Å². The number of hydrazone groups is 1. The zero-order chi connectivity index (χ0) is 15.9. The molecule has 1 amide bonds. The van der Waals surface area contributed by atoms with E-state index in [2.05, 4.69) is 33.7 Å². The molecule has 0 saturated heterocycles. The first-order valence-electron chi connectivity index (χ1n) is 7.15. The molecule has 3 aromatic rings. The summed E-state index contributed by atoms with van der Waals surface area (Å²) in [6.07, 6.45) is 4.96. The van der Waals surface area contributed by atoms with Gasteiger partial charge in [-0.1, -0.05) is 36.4 Å². The summed E-state index contributed by atoms with van der Waals surface area (Å²) < 4.78 is 0. The summed E-state index contributed by atoms with van der Waals surface area (Å²) in [6, 6.07) is 17.9. The van der Waals surface area contributed by atoms with E-state index in [9.17, 15) is 4.79 Å². The molecular formula is C18H15N3OS. The quantitative estimate of drug-likeness (QED) is 0.445. The SMILES string of the molecule is O=C(CSc1cccc2ccccc12)N/N=C/c1ccncc1. The Kier molecular flexibility index (Phi) is 5.01. The molecule has 23 heavy (non-hydrogen) atoms. The van der Waals surface area contributed by atoms with Crippen LogP contribution in [0.1, 0.15) is 5.56 Å². The van der Waals surface area contributed by atoms with Crippen LogP contribution < -0.4 is 5.43 Å². The van der Waals surface area contributed by atoms with Crippen LogP contribution >= 0.6 is 11.8 Å². The molecule has 0 bridgehead atoms. The van der Waals surface area contributed by atoms with Crippen LogP contribution in [-0.2, 0) is 4.79 Å². The molecule has 0 fully saturated rings. The summed E-state index contributed by atoms with van der Waals surface area (Å²) in [6.45, 7) is 0. The van der Waals surface area contributed by atoms with Crippen LogP contribution in [0.15, 0.2) is 77.0 Å². The number of nitrogens with zero attached hydrogens (tertiary/aromatic N) is 2. The number of benzene rings is 2. The van der Waals surface area contributed by atoms with Crippen molar-refractivity contribution < 1.29 is 4.79 Å². The lowest BCUT2D eigenvalue weighted by Gasteiger charge is -2.05. The average molecular weight is 321 g/mol. The van der Waals surface area contributed by atoms with E-state index in [0.717, 1.165) is 15.8 Å². The van der Waals surface area contributed by atoms with Gasteiger partial charge >= 0.3 is 0 Å². The van der Waals surface area contributed by atoms with E-state index >= 15 is 0 Å². The van der Waals surface area contributed by atoms with Crippen molar-refractivity contribution >= 4 is 34.7 Å². The number of rotatable bonds is 5. The number of aromatic nitrogens is 1. The molecule has 0 aliphatic carbocycles. The van der Waals surface area contributed by atoms with E-state index in [1.807, 2.05) is 36.4 Å². The fourth-order valence-corrected chi connectivity index (χ4v) is 2.99. The van der Waals surface area contributed by atoms with Crippen LogP contribution in [0.4, 0.5) is 0 Å². The third-order valence-electron chi connectivity index (χ3n) is 3.22. The molecular weight excluding hydrogens is 306 g/mol. The molecule has 0 radical (unpaired) electrons. The Morgan fingerprint density at radius 2 is 1.87 bits per heavy atom.